The minimum atomic E-state index is -0.784. The molecule has 0 saturated heterocycles. The zero-order valence-electron chi connectivity index (χ0n) is 10.9. The lowest BCUT2D eigenvalue weighted by Gasteiger charge is -2.05. The van der Waals surface area contributed by atoms with Crippen molar-refractivity contribution in [3.63, 3.8) is 0 Å². The summed E-state index contributed by atoms with van der Waals surface area (Å²) in [6.45, 7) is 6.22. The summed E-state index contributed by atoms with van der Waals surface area (Å²) in [5, 5.41) is -0.576. The van der Waals surface area contributed by atoms with Crippen LogP contribution < -0.4 is 0 Å². The predicted octanol–water partition coefficient (Wildman–Crippen LogP) is 3.07. The first-order valence-corrected chi connectivity index (χ1v) is 6.82. The Morgan fingerprint density at radius 3 is 2.33 bits per heavy atom. The van der Waals surface area contributed by atoms with E-state index in [4.69, 9.17) is 0 Å². The van der Waals surface area contributed by atoms with E-state index in [0.29, 0.717) is 5.92 Å². The van der Waals surface area contributed by atoms with Gasteiger partial charge in [-0.25, -0.2) is 4.79 Å². The van der Waals surface area contributed by atoms with Gasteiger partial charge in [0.2, 0.25) is 0 Å². The summed E-state index contributed by atoms with van der Waals surface area (Å²) in [5.74, 6) is -0.182. The average Bonchev–Trinajstić information content (AvgIpc) is 2.31. The molecule has 0 aliphatic carbocycles. The molecule has 0 amide bonds. The van der Waals surface area contributed by atoms with Gasteiger partial charge < -0.3 is 4.74 Å². The fourth-order valence-electron chi connectivity index (χ4n) is 1.50. The highest BCUT2D eigenvalue weighted by Crippen LogP contribution is 2.20. The molecule has 1 aromatic carbocycles. The molecular weight excluding hydrogens is 248 g/mol. The smallest absolute Gasteiger partial charge is 0.386 e. The lowest BCUT2D eigenvalue weighted by atomic mass is 10.0. The lowest BCUT2D eigenvalue weighted by Crippen LogP contribution is -2.13. The van der Waals surface area contributed by atoms with Gasteiger partial charge >= 0.3 is 11.1 Å². The highest BCUT2D eigenvalue weighted by Gasteiger charge is 2.16. The van der Waals surface area contributed by atoms with Gasteiger partial charge in [0, 0.05) is 4.90 Å². The minimum Gasteiger partial charge on any atom is -0.460 e. The Balaban J connectivity index is 2.58. The van der Waals surface area contributed by atoms with E-state index in [0.717, 1.165) is 23.1 Å². The largest absolute Gasteiger partial charge is 0.460 e. The number of esters is 1. The monoisotopic (exact) mass is 266 g/mol. The van der Waals surface area contributed by atoms with Crippen LogP contribution in [0.5, 0.6) is 0 Å². The molecule has 1 aromatic rings. The highest BCUT2D eigenvalue weighted by molar-refractivity contribution is 8.15. The van der Waals surface area contributed by atoms with E-state index in [-0.39, 0.29) is 6.61 Å². The molecule has 0 aliphatic heterocycles. The van der Waals surface area contributed by atoms with E-state index in [1.165, 1.54) is 5.56 Å². The number of thioether (sulfide) groups is 1. The van der Waals surface area contributed by atoms with Gasteiger partial charge in [-0.1, -0.05) is 26.0 Å². The van der Waals surface area contributed by atoms with Gasteiger partial charge in [0.25, 0.3) is 0 Å². The van der Waals surface area contributed by atoms with E-state index in [1.54, 1.807) is 6.92 Å². The maximum absolute atomic E-state index is 11.5. The van der Waals surface area contributed by atoms with Gasteiger partial charge in [-0.05, 0) is 48.7 Å². The van der Waals surface area contributed by atoms with Gasteiger partial charge in [-0.15, -0.1) is 0 Å². The molecule has 3 nitrogen and oxygen atoms in total. The third-order valence-corrected chi connectivity index (χ3v) is 3.08. The fourth-order valence-corrected chi connectivity index (χ4v) is 2.13. The summed E-state index contributed by atoms with van der Waals surface area (Å²) in [5.41, 5.74) is 1.23. The molecule has 98 valence electrons. The van der Waals surface area contributed by atoms with Crippen molar-refractivity contribution in [1.29, 1.82) is 0 Å². The van der Waals surface area contributed by atoms with Crippen LogP contribution in [0.15, 0.2) is 29.2 Å². The Kier molecular flexibility index (Phi) is 5.92. The second kappa shape index (κ2) is 7.21. The molecule has 0 atom stereocenters. The first kappa shape index (κ1) is 14.8. The summed E-state index contributed by atoms with van der Waals surface area (Å²) < 4.78 is 4.64. The Morgan fingerprint density at radius 1 is 1.22 bits per heavy atom. The molecule has 0 unspecified atom stereocenters. The van der Waals surface area contributed by atoms with Crippen molar-refractivity contribution in [3.8, 4) is 0 Å². The van der Waals surface area contributed by atoms with Gasteiger partial charge in [0.05, 0.1) is 6.61 Å². The number of benzene rings is 1. The van der Waals surface area contributed by atoms with Crippen molar-refractivity contribution in [3.05, 3.63) is 29.8 Å². The maximum atomic E-state index is 11.5. The van der Waals surface area contributed by atoms with Crippen LogP contribution in [0.2, 0.25) is 0 Å². The molecule has 0 bridgehead atoms. The second-order valence-electron chi connectivity index (χ2n) is 4.35. The zero-order chi connectivity index (χ0) is 13.5. The Hall–Kier alpha value is -1.29. The Bertz CT molecular complexity index is 410. The molecule has 0 fully saturated rings. The number of carbonyl (C=O) groups excluding carboxylic acids is 2. The molecule has 0 heterocycles. The number of carbonyl (C=O) groups is 2. The first-order chi connectivity index (χ1) is 8.52. The third-order valence-electron chi connectivity index (χ3n) is 2.22. The van der Waals surface area contributed by atoms with Crippen LogP contribution in [-0.2, 0) is 20.7 Å². The van der Waals surface area contributed by atoms with Crippen molar-refractivity contribution in [2.24, 2.45) is 5.92 Å². The summed E-state index contributed by atoms with van der Waals surface area (Å²) in [4.78, 5) is 23.4. The molecule has 0 spiro atoms. The van der Waals surface area contributed by atoms with Crippen molar-refractivity contribution < 1.29 is 14.3 Å². The van der Waals surface area contributed by atoms with Crippen molar-refractivity contribution >= 4 is 22.8 Å². The van der Waals surface area contributed by atoms with E-state index < -0.39 is 11.1 Å². The number of hydrogen-bond acceptors (Lipinski definition) is 4. The van der Waals surface area contributed by atoms with E-state index >= 15 is 0 Å². The van der Waals surface area contributed by atoms with Crippen molar-refractivity contribution in [2.45, 2.75) is 32.1 Å². The van der Waals surface area contributed by atoms with Crippen LogP contribution in [0.1, 0.15) is 26.3 Å². The van der Waals surface area contributed by atoms with Crippen LogP contribution in [0.3, 0.4) is 0 Å². The molecule has 0 saturated carbocycles. The normalized spacial score (nSPS) is 10.4. The van der Waals surface area contributed by atoms with Crippen LogP contribution >= 0.6 is 11.8 Å². The number of ether oxygens (including phenoxy) is 1. The third kappa shape index (κ3) is 4.92. The van der Waals surface area contributed by atoms with Crippen LogP contribution in [0.4, 0.5) is 0 Å². The van der Waals surface area contributed by atoms with E-state index in [1.807, 2.05) is 24.3 Å². The van der Waals surface area contributed by atoms with E-state index in [2.05, 4.69) is 18.6 Å². The summed E-state index contributed by atoms with van der Waals surface area (Å²) in [6, 6.07) is 7.69. The molecule has 0 N–H and O–H groups in total. The SMILES string of the molecule is CCOC(=O)C(=O)Sc1ccc(CC(C)C)cc1. The van der Waals surface area contributed by atoms with E-state index in [9.17, 15) is 9.59 Å². The fraction of sp³-hybridized carbons (Fsp3) is 0.429. The predicted molar refractivity (Wildman–Crippen MR) is 72.5 cm³/mol. The van der Waals surface area contributed by atoms with Crippen molar-refractivity contribution in [2.75, 3.05) is 6.61 Å². The minimum absolute atomic E-state index is 0.221. The standard InChI is InChI=1S/C14H18O3S/c1-4-17-13(15)14(16)18-12-7-5-11(6-8-12)9-10(2)3/h5-8,10H,4,9H2,1-3H3. The average molecular weight is 266 g/mol. The van der Waals surface area contributed by atoms with Crippen LogP contribution in [0, 0.1) is 5.92 Å². The second-order valence-corrected chi connectivity index (χ2v) is 5.40. The molecular formula is C14H18O3S. The first-order valence-electron chi connectivity index (χ1n) is 6.00. The Morgan fingerprint density at radius 2 is 1.83 bits per heavy atom. The van der Waals surface area contributed by atoms with Gasteiger partial charge in [-0.2, -0.15) is 0 Å². The maximum Gasteiger partial charge on any atom is 0.386 e. The molecule has 1 rings (SSSR count). The van der Waals surface area contributed by atoms with Gasteiger partial charge in [0.1, 0.15) is 0 Å². The van der Waals surface area contributed by atoms with Gasteiger partial charge in [0.15, 0.2) is 0 Å². The molecule has 0 aromatic heterocycles. The molecule has 4 heteroatoms. The molecule has 18 heavy (non-hydrogen) atoms. The molecule has 0 radical (unpaired) electrons. The number of rotatable bonds is 4. The zero-order valence-corrected chi connectivity index (χ0v) is 11.8. The van der Waals surface area contributed by atoms with Gasteiger partial charge in [-0.3, -0.25) is 4.79 Å². The summed E-state index contributed by atoms with van der Waals surface area (Å²) >= 11 is 0.906. The molecule has 0 aliphatic rings. The highest BCUT2D eigenvalue weighted by atomic mass is 32.2. The topological polar surface area (TPSA) is 43.4 Å². The van der Waals surface area contributed by atoms with Crippen LogP contribution in [-0.4, -0.2) is 17.7 Å². The lowest BCUT2D eigenvalue weighted by molar-refractivity contribution is -0.149. The Labute approximate surface area is 112 Å². The number of hydrogen-bond donors (Lipinski definition) is 0. The summed E-state index contributed by atoms with van der Waals surface area (Å²) in [7, 11) is 0. The van der Waals surface area contributed by atoms with Crippen LogP contribution in [0.25, 0.3) is 0 Å². The summed E-state index contributed by atoms with van der Waals surface area (Å²) in [6.07, 6.45) is 1.01. The van der Waals surface area contributed by atoms with Crippen molar-refractivity contribution in [1.82, 2.24) is 0 Å². The quantitative estimate of drug-likeness (QED) is 0.477.